The summed E-state index contributed by atoms with van der Waals surface area (Å²) in [4.78, 5) is 10.8. The van der Waals surface area contributed by atoms with Gasteiger partial charge >= 0.3 is 0 Å². The van der Waals surface area contributed by atoms with Gasteiger partial charge in [-0.15, -0.1) is 16.2 Å². The lowest BCUT2D eigenvalue weighted by atomic mass is 10.1. The quantitative estimate of drug-likeness (QED) is 0.629. The van der Waals surface area contributed by atoms with Crippen LogP contribution in [0.5, 0.6) is 5.75 Å². The molecule has 18 heavy (non-hydrogen) atoms. The van der Waals surface area contributed by atoms with Crippen LogP contribution in [0, 0.1) is 4.91 Å². The van der Waals surface area contributed by atoms with Gasteiger partial charge in [-0.1, -0.05) is 5.10 Å². The summed E-state index contributed by atoms with van der Waals surface area (Å²) in [5.74, 6) is 0.816. The van der Waals surface area contributed by atoms with Crippen LogP contribution >= 0.6 is 11.3 Å². The van der Waals surface area contributed by atoms with Crippen molar-refractivity contribution in [1.82, 2.24) is 4.57 Å². The summed E-state index contributed by atoms with van der Waals surface area (Å²) < 4.78 is 7.08. The second-order valence-corrected chi connectivity index (χ2v) is 4.39. The largest absolute Gasteiger partial charge is 0.497 e. The van der Waals surface area contributed by atoms with E-state index in [2.05, 4.69) is 10.4 Å². The summed E-state index contributed by atoms with van der Waals surface area (Å²) in [5, 5.41) is 8.14. The van der Waals surface area contributed by atoms with E-state index < -0.39 is 0 Å². The monoisotopic (exact) mass is 263 g/mol. The van der Waals surface area contributed by atoms with Crippen molar-refractivity contribution >= 4 is 11.3 Å². The molecule has 0 radical (unpaired) electrons. The highest BCUT2D eigenvalue weighted by molar-refractivity contribution is 7.07. The number of benzene rings is 1. The third-order valence-corrected chi connectivity index (χ3v) is 3.48. The van der Waals surface area contributed by atoms with E-state index in [-0.39, 0.29) is 0 Å². The first-order valence-corrected chi connectivity index (χ1v) is 6.37. The van der Waals surface area contributed by atoms with Crippen molar-refractivity contribution in [2.24, 2.45) is 10.4 Å². The van der Waals surface area contributed by atoms with Gasteiger partial charge in [0.05, 0.1) is 18.1 Å². The third kappa shape index (κ3) is 2.33. The van der Waals surface area contributed by atoms with E-state index in [1.807, 2.05) is 41.1 Å². The number of methoxy groups -OCH3 is 1. The van der Waals surface area contributed by atoms with Crippen molar-refractivity contribution < 1.29 is 4.74 Å². The van der Waals surface area contributed by atoms with Crippen molar-refractivity contribution in [2.75, 3.05) is 7.11 Å². The average molecular weight is 263 g/mol. The Morgan fingerprint density at radius 2 is 2.06 bits per heavy atom. The molecule has 0 unspecified atom stereocenters. The number of nitrogens with zero attached hydrogens (tertiary/aromatic N) is 3. The minimum Gasteiger partial charge on any atom is -0.497 e. The highest BCUT2D eigenvalue weighted by atomic mass is 32.1. The number of aromatic nitrogens is 1. The molecule has 0 fully saturated rings. The van der Waals surface area contributed by atoms with Crippen molar-refractivity contribution in [3.63, 3.8) is 0 Å². The van der Waals surface area contributed by atoms with Gasteiger partial charge in [-0.2, -0.15) is 0 Å². The Bertz CT molecular complexity index is 599. The molecule has 5 nitrogen and oxygen atoms in total. The van der Waals surface area contributed by atoms with Crippen LogP contribution in [0.1, 0.15) is 6.92 Å². The summed E-state index contributed by atoms with van der Waals surface area (Å²) in [5.41, 5.74) is 2.08. The highest BCUT2D eigenvalue weighted by Gasteiger charge is 2.06. The Morgan fingerprint density at radius 3 is 2.61 bits per heavy atom. The first kappa shape index (κ1) is 12.5. The maximum atomic E-state index is 10.2. The van der Waals surface area contributed by atoms with Gasteiger partial charge in [0.1, 0.15) is 5.75 Å². The molecule has 0 aliphatic heterocycles. The van der Waals surface area contributed by atoms with E-state index in [4.69, 9.17) is 4.74 Å². The molecule has 2 rings (SSSR count). The number of thiazole rings is 1. The van der Waals surface area contributed by atoms with Gasteiger partial charge in [0.15, 0.2) is 0 Å². The van der Waals surface area contributed by atoms with Gasteiger partial charge in [0, 0.05) is 11.9 Å². The molecule has 0 aliphatic rings. The Hall–Kier alpha value is -1.95. The number of hydrogen-bond acceptors (Lipinski definition) is 4. The third-order valence-electron chi connectivity index (χ3n) is 2.63. The molecule has 0 spiro atoms. The Balaban J connectivity index is 2.49. The smallest absolute Gasteiger partial charge is 0.214 e. The van der Waals surface area contributed by atoms with Gasteiger partial charge in [0.2, 0.25) is 4.80 Å². The number of nitroso groups, excluding NO2 is 1. The van der Waals surface area contributed by atoms with E-state index in [0.717, 1.165) is 23.6 Å². The van der Waals surface area contributed by atoms with Gasteiger partial charge in [-0.25, -0.2) is 0 Å². The van der Waals surface area contributed by atoms with Crippen LogP contribution in [0.4, 0.5) is 0 Å². The minimum atomic E-state index is 0.610. The maximum absolute atomic E-state index is 10.2. The first-order chi connectivity index (χ1) is 8.80. The van der Waals surface area contributed by atoms with Crippen LogP contribution in [0.15, 0.2) is 40.0 Å². The fourth-order valence-electron chi connectivity index (χ4n) is 1.74. The zero-order valence-corrected chi connectivity index (χ0v) is 11.0. The molecule has 1 aromatic heterocycles. The van der Waals surface area contributed by atoms with Crippen molar-refractivity contribution in [3.8, 4) is 17.0 Å². The van der Waals surface area contributed by atoms with E-state index in [9.17, 15) is 4.91 Å². The van der Waals surface area contributed by atoms with Crippen molar-refractivity contribution in [3.05, 3.63) is 39.4 Å². The predicted octanol–water partition coefficient (Wildman–Crippen LogP) is 2.83. The zero-order chi connectivity index (χ0) is 13.0. The molecule has 2 aromatic rings. The highest BCUT2D eigenvalue weighted by Crippen LogP contribution is 2.22. The summed E-state index contributed by atoms with van der Waals surface area (Å²) in [6.45, 7) is 2.74. The first-order valence-electron chi connectivity index (χ1n) is 5.49. The lowest BCUT2D eigenvalue weighted by molar-refractivity contribution is 0.415. The Labute approximate surface area is 108 Å². The molecule has 0 N–H and O–H groups in total. The molecule has 0 aliphatic carbocycles. The van der Waals surface area contributed by atoms with Crippen LogP contribution in [0.2, 0.25) is 0 Å². The number of ether oxygens (including phenoxy) is 1. The molecule has 0 atom stereocenters. The van der Waals surface area contributed by atoms with Crippen LogP contribution in [-0.4, -0.2) is 11.7 Å². The van der Waals surface area contributed by atoms with Gasteiger partial charge < -0.3 is 9.30 Å². The molecule has 1 heterocycles. The SMILES string of the molecule is CCn1c(-c2ccc(OC)cc2)cs/c1=N\N=O. The van der Waals surface area contributed by atoms with E-state index in [1.54, 1.807) is 7.11 Å². The fraction of sp³-hybridized carbons (Fsp3) is 0.250. The molecular weight excluding hydrogens is 250 g/mol. The predicted molar refractivity (Wildman–Crippen MR) is 71.3 cm³/mol. The summed E-state index contributed by atoms with van der Waals surface area (Å²) in [6.07, 6.45) is 0. The topological polar surface area (TPSA) is 55.9 Å². The molecule has 0 amide bonds. The number of rotatable bonds is 4. The summed E-state index contributed by atoms with van der Waals surface area (Å²) >= 11 is 1.40. The molecule has 0 bridgehead atoms. The Kier molecular flexibility index (Phi) is 3.88. The molecule has 0 saturated heterocycles. The van der Waals surface area contributed by atoms with Crippen LogP contribution in [0.25, 0.3) is 11.3 Å². The maximum Gasteiger partial charge on any atom is 0.214 e. The van der Waals surface area contributed by atoms with Crippen LogP contribution in [-0.2, 0) is 6.54 Å². The molecule has 0 saturated carbocycles. The molecular formula is C12H13N3O2S. The lowest BCUT2D eigenvalue weighted by Crippen LogP contribution is -2.14. The Morgan fingerprint density at radius 1 is 1.33 bits per heavy atom. The lowest BCUT2D eigenvalue weighted by Gasteiger charge is -2.06. The molecule has 6 heteroatoms. The van der Waals surface area contributed by atoms with Crippen molar-refractivity contribution in [2.45, 2.75) is 13.5 Å². The molecule has 94 valence electrons. The second-order valence-electron chi connectivity index (χ2n) is 3.56. The van der Waals surface area contributed by atoms with E-state index in [0.29, 0.717) is 4.80 Å². The molecule has 1 aromatic carbocycles. The average Bonchev–Trinajstić information content (AvgIpc) is 2.82. The van der Waals surface area contributed by atoms with Gasteiger partial charge in [-0.3, -0.25) is 0 Å². The summed E-state index contributed by atoms with van der Waals surface area (Å²) in [7, 11) is 1.64. The summed E-state index contributed by atoms with van der Waals surface area (Å²) in [6, 6.07) is 7.76. The second kappa shape index (κ2) is 5.59. The van der Waals surface area contributed by atoms with Crippen LogP contribution in [0.3, 0.4) is 0 Å². The van der Waals surface area contributed by atoms with Crippen LogP contribution < -0.4 is 9.54 Å². The number of hydrogen-bond donors (Lipinski definition) is 0. The van der Waals surface area contributed by atoms with E-state index >= 15 is 0 Å². The zero-order valence-electron chi connectivity index (χ0n) is 10.2. The standard InChI is InChI=1S/C12H13N3O2S/c1-3-15-11(8-18-12(15)13-14-16)9-4-6-10(17-2)7-5-9/h4-8H,3H2,1-2H3/b13-12-. The van der Waals surface area contributed by atoms with Crippen molar-refractivity contribution in [1.29, 1.82) is 0 Å². The normalized spacial score (nSPS) is 11.6. The fourth-order valence-corrected chi connectivity index (χ4v) is 2.66. The van der Waals surface area contributed by atoms with Gasteiger partial charge in [-0.05, 0) is 36.8 Å². The van der Waals surface area contributed by atoms with E-state index in [1.165, 1.54) is 11.3 Å². The minimum absolute atomic E-state index is 0.610. The van der Waals surface area contributed by atoms with Gasteiger partial charge in [0.25, 0.3) is 0 Å².